The van der Waals surface area contributed by atoms with Gasteiger partial charge in [-0.05, 0) is 94.9 Å². The zero-order valence-electron chi connectivity index (χ0n) is 16.7. The lowest BCUT2D eigenvalue weighted by Gasteiger charge is -2.62. The highest BCUT2D eigenvalue weighted by Gasteiger charge is 2.57. The number of nitrogens with zero attached hydrogens (tertiary/aromatic N) is 1. The fourth-order valence-corrected chi connectivity index (χ4v) is 6.96. The Labute approximate surface area is 158 Å². The maximum atomic E-state index is 12.0. The standard InChI is InChI=1S/C24H33NO/c1-16(26)17-7-8-18-15-22-20-6-4-5-11-24(20,21(18)14-17)12-13-25(22)23(2,3)19-9-10-19/h7-8,14,19-20,22H,4-6,9-13,15H2,1-3H3. The summed E-state index contributed by atoms with van der Waals surface area (Å²) in [6.45, 7) is 7.97. The molecule has 2 heteroatoms. The summed E-state index contributed by atoms with van der Waals surface area (Å²) in [5, 5.41) is 0. The number of fused-ring (bicyclic) bond motifs is 1. The second-order valence-electron chi connectivity index (χ2n) is 10.1. The lowest BCUT2D eigenvalue weighted by Crippen LogP contribution is -2.65. The molecule has 1 aromatic rings. The van der Waals surface area contributed by atoms with Crippen LogP contribution in [0.4, 0.5) is 0 Å². The Balaban J connectivity index is 1.61. The summed E-state index contributed by atoms with van der Waals surface area (Å²) in [6, 6.07) is 7.36. The van der Waals surface area contributed by atoms with E-state index >= 15 is 0 Å². The second-order valence-corrected chi connectivity index (χ2v) is 10.1. The van der Waals surface area contributed by atoms with Crippen molar-refractivity contribution < 1.29 is 4.79 Å². The summed E-state index contributed by atoms with van der Waals surface area (Å²) in [7, 11) is 0. The van der Waals surface area contributed by atoms with Crippen molar-refractivity contribution in [2.45, 2.75) is 89.1 Å². The van der Waals surface area contributed by atoms with Crippen molar-refractivity contribution in [1.82, 2.24) is 4.90 Å². The van der Waals surface area contributed by atoms with E-state index < -0.39 is 0 Å². The van der Waals surface area contributed by atoms with E-state index in [9.17, 15) is 4.79 Å². The fraction of sp³-hybridized carbons (Fsp3) is 0.708. The molecule has 0 spiro atoms. The number of rotatable bonds is 3. The van der Waals surface area contributed by atoms with Gasteiger partial charge in [-0.2, -0.15) is 0 Å². The molecule has 1 aliphatic heterocycles. The Kier molecular flexibility index (Phi) is 3.71. The average molecular weight is 352 g/mol. The first-order valence-electron chi connectivity index (χ1n) is 10.8. The summed E-state index contributed by atoms with van der Waals surface area (Å²) < 4.78 is 0. The Morgan fingerprint density at radius 3 is 2.69 bits per heavy atom. The van der Waals surface area contributed by atoms with Gasteiger partial charge in [-0.1, -0.05) is 25.0 Å². The SMILES string of the molecule is CC(=O)c1ccc2c(c1)C13CCCCC1C(C2)N(C(C)(C)C1CC1)CC3. The van der Waals surface area contributed by atoms with E-state index in [2.05, 4.69) is 36.9 Å². The van der Waals surface area contributed by atoms with Crippen LogP contribution in [0.3, 0.4) is 0 Å². The van der Waals surface area contributed by atoms with Gasteiger partial charge in [-0.15, -0.1) is 0 Å². The first kappa shape index (κ1) is 17.0. The number of carbonyl (C=O) groups excluding carboxylic acids is 1. The third kappa shape index (κ3) is 2.30. The molecule has 2 nitrogen and oxygen atoms in total. The number of Topliss-reactive ketones (excluding diaryl/α,β-unsaturated/α-hetero) is 1. The molecule has 0 aromatic heterocycles. The van der Waals surface area contributed by atoms with E-state index in [0.29, 0.717) is 17.0 Å². The number of carbonyl (C=O) groups is 1. The highest BCUT2D eigenvalue weighted by molar-refractivity contribution is 5.94. The minimum Gasteiger partial charge on any atom is -0.295 e. The van der Waals surface area contributed by atoms with Crippen LogP contribution in [0.25, 0.3) is 0 Å². The molecule has 140 valence electrons. The van der Waals surface area contributed by atoms with E-state index in [4.69, 9.17) is 0 Å². The zero-order valence-corrected chi connectivity index (χ0v) is 16.7. The predicted octanol–water partition coefficient (Wildman–Crippen LogP) is 5.14. The monoisotopic (exact) mass is 351 g/mol. The summed E-state index contributed by atoms with van der Waals surface area (Å²) >= 11 is 0. The number of hydrogen-bond donors (Lipinski definition) is 0. The second kappa shape index (κ2) is 5.67. The topological polar surface area (TPSA) is 20.3 Å². The molecule has 4 aliphatic rings. The molecule has 3 unspecified atom stereocenters. The van der Waals surface area contributed by atoms with Gasteiger partial charge in [0.1, 0.15) is 0 Å². The van der Waals surface area contributed by atoms with Crippen molar-refractivity contribution in [3.63, 3.8) is 0 Å². The van der Waals surface area contributed by atoms with Crippen molar-refractivity contribution in [2.75, 3.05) is 6.54 Å². The Morgan fingerprint density at radius 1 is 1.15 bits per heavy atom. The van der Waals surface area contributed by atoms with Crippen LogP contribution in [0, 0.1) is 11.8 Å². The van der Waals surface area contributed by atoms with Gasteiger partial charge >= 0.3 is 0 Å². The van der Waals surface area contributed by atoms with Gasteiger partial charge in [-0.3, -0.25) is 9.69 Å². The van der Waals surface area contributed by atoms with Crippen molar-refractivity contribution in [3.05, 3.63) is 34.9 Å². The number of benzene rings is 1. The number of hydrogen-bond acceptors (Lipinski definition) is 2. The number of ketones is 1. The quantitative estimate of drug-likeness (QED) is 0.703. The van der Waals surface area contributed by atoms with Gasteiger partial charge in [0.05, 0.1) is 0 Å². The summed E-state index contributed by atoms with van der Waals surface area (Å²) in [5.74, 6) is 1.91. The highest BCUT2D eigenvalue weighted by atomic mass is 16.1. The highest BCUT2D eigenvalue weighted by Crippen LogP contribution is 2.58. The van der Waals surface area contributed by atoms with E-state index in [0.717, 1.165) is 17.4 Å². The predicted molar refractivity (Wildman–Crippen MR) is 106 cm³/mol. The number of likely N-dealkylation sites (tertiary alicyclic amines) is 1. The van der Waals surface area contributed by atoms with Gasteiger partial charge in [0.15, 0.2) is 5.78 Å². The summed E-state index contributed by atoms with van der Waals surface area (Å²) in [5.41, 5.74) is 4.70. The fourth-order valence-electron chi connectivity index (χ4n) is 6.96. The third-order valence-corrected chi connectivity index (χ3v) is 8.56. The van der Waals surface area contributed by atoms with Crippen LogP contribution in [0.1, 0.15) is 87.2 Å². The maximum Gasteiger partial charge on any atom is 0.159 e. The Bertz CT molecular complexity index is 747. The molecule has 3 atom stereocenters. The van der Waals surface area contributed by atoms with Crippen LogP contribution in [0.15, 0.2) is 18.2 Å². The molecule has 1 aromatic carbocycles. The minimum atomic E-state index is 0.214. The molecule has 0 radical (unpaired) electrons. The van der Waals surface area contributed by atoms with Gasteiger partial charge in [-0.25, -0.2) is 0 Å². The molecule has 3 fully saturated rings. The molecule has 0 amide bonds. The Hall–Kier alpha value is -1.15. The van der Waals surface area contributed by atoms with Gasteiger partial charge in [0.2, 0.25) is 0 Å². The minimum absolute atomic E-state index is 0.214. The van der Waals surface area contributed by atoms with E-state index in [1.54, 1.807) is 12.5 Å². The van der Waals surface area contributed by atoms with Crippen molar-refractivity contribution in [3.8, 4) is 0 Å². The van der Waals surface area contributed by atoms with Crippen molar-refractivity contribution in [2.24, 2.45) is 11.8 Å². The van der Waals surface area contributed by atoms with E-state index in [1.807, 2.05) is 0 Å². The van der Waals surface area contributed by atoms with E-state index in [-0.39, 0.29) is 5.78 Å². The molecule has 1 heterocycles. The molecule has 26 heavy (non-hydrogen) atoms. The van der Waals surface area contributed by atoms with Gasteiger partial charge in [0.25, 0.3) is 0 Å². The molecule has 0 N–H and O–H groups in total. The van der Waals surface area contributed by atoms with Gasteiger partial charge in [0, 0.05) is 22.6 Å². The Morgan fingerprint density at radius 2 is 1.96 bits per heavy atom. The van der Waals surface area contributed by atoms with Crippen LogP contribution in [-0.2, 0) is 11.8 Å². The zero-order chi connectivity index (χ0) is 18.1. The van der Waals surface area contributed by atoms with Crippen molar-refractivity contribution >= 4 is 5.78 Å². The first-order valence-corrected chi connectivity index (χ1v) is 10.8. The van der Waals surface area contributed by atoms with Crippen molar-refractivity contribution in [1.29, 1.82) is 0 Å². The number of piperidine rings is 1. The lowest BCUT2D eigenvalue weighted by atomic mass is 9.51. The smallest absolute Gasteiger partial charge is 0.159 e. The molecular weight excluding hydrogens is 318 g/mol. The van der Waals surface area contributed by atoms with Crippen LogP contribution in [-0.4, -0.2) is 28.8 Å². The average Bonchev–Trinajstić information content (AvgIpc) is 3.47. The molecular formula is C24H33NO. The van der Waals surface area contributed by atoms with Crippen LogP contribution >= 0.6 is 0 Å². The largest absolute Gasteiger partial charge is 0.295 e. The molecule has 5 rings (SSSR count). The van der Waals surface area contributed by atoms with Gasteiger partial charge < -0.3 is 0 Å². The summed E-state index contributed by atoms with van der Waals surface area (Å²) in [6.07, 6.45) is 10.8. The van der Waals surface area contributed by atoms with Crippen LogP contribution < -0.4 is 0 Å². The molecule has 1 saturated heterocycles. The summed E-state index contributed by atoms with van der Waals surface area (Å²) in [4.78, 5) is 14.9. The maximum absolute atomic E-state index is 12.0. The third-order valence-electron chi connectivity index (χ3n) is 8.56. The molecule has 3 aliphatic carbocycles. The van der Waals surface area contributed by atoms with Crippen LogP contribution in [0.2, 0.25) is 0 Å². The first-order chi connectivity index (χ1) is 12.4. The van der Waals surface area contributed by atoms with E-state index in [1.165, 1.54) is 63.5 Å². The van der Waals surface area contributed by atoms with Crippen LogP contribution in [0.5, 0.6) is 0 Å². The normalized spacial score (nSPS) is 34.1. The molecule has 2 bridgehead atoms. The lowest BCUT2D eigenvalue weighted by molar-refractivity contribution is -0.0667. The molecule has 2 saturated carbocycles.